The molecule has 2 aliphatic rings. The molecule has 0 aliphatic heterocycles. The molecule has 1 aromatic rings. The minimum Gasteiger partial charge on any atom is -0.477 e. The van der Waals surface area contributed by atoms with Gasteiger partial charge < -0.3 is 15.4 Å². The van der Waals surface area contributed by atoms with Gasteiger partial charge in [-0.05, 0) is 49.7 Å². The van der Waals surface area contributed by atoms with Gasteiger partial charge in [-0.25, -0.2) is 9.98 Å². The molecule has 1 aromatic heterocycles. The summed E-state index contributed by atoms with van der Waals surface area (Å²) in [5.41, 5.74) is 1.13. The summed E-state index contributed by atoms with van der Waals surface area (Å²) in [4.78, 5) is 8.93. The Labute approximate surface area is 132 Å². The molecule has 2 saturated carbocycles. The van der Waals surface area contributed by atoms with Crippen molar-refractivity contribution in [2.24, 2.45) is 16.8 Å². The molecule has 2 fully saturated rings. The van der Waals surface area contributed by atoms with Crippen molar-refractivity contribution in [1.82, 2.24) is 15.6 Å². The van der Waals surface area contributed by atoms with E-state index in [0.717, 1.165) is 36.5 Å². The first-order valence-corrected chi connectivity index (χ1v) is 8.37. The molecule has 0 radical (unpaired) electrons. The van der Waals surface area contributed by atoms with Crippen molar-refractivity contribution in [2.45, 2.75) is 45.7 Å². The summed E-state index contributed by atoms with van der Waals surface area (Å²) >= 11 is 0. The summed E-state index contributed by atoms with van der Waals surface area (Å²) in [6.45, 7) is 6.65. The summed E-state index contributed by atoms with van der Waals surface area (Å²) in [5, 5.41) is 6.77. The van der Waals surface area contributed by atoms with Gasteiger partial charge in [0.1, 0.15) is 0 Å². The van der Waals surface area contributed by atoms with E-state index in [0.29, 0.717) is 18.5 Å². The lowest BCUT2D eigenvalue weighted by atomic mass is 10.3. The molecule has 5 heteroatoms. The van der Waals surface area contributed by atoms with E-state index in [2.05, 4.69) is 34.5 Å². The highest BCUT2D eigenvalue weighted by Gasteiger charge is 2.33. The first-order chi connectivity index (χ1) is 10.7. The molecule has 0 saturated heterocycles. The molecule has 120 valence electrons. The van der Waals surface area contributed by atoms with Crippen molar-refractivity contribution in [3.05, 3.63) is 23.9 Å². The fourth-order valence-electron chi connectivity index (χ4n) is 2.30. The predicted octanol–water partition coefficient (Wildman–Crippen LogP) is 2.33. The monoisotopic (exact) mass is 302 g/mol. The summed E-state index contributed by atoms with van der Waals surface area (Å²) in [7, 11) is 0. The van der Waals surface area contributed by atoms with Gasteiger partial charge in [-0.15, -0.1) is 0 Å². The number of hydrogen-bond donors (Lipinski definition) is 2. The Hall–Kier alpha value is -1.78. The maximum atomic E-state index is 5.72. The third-order valence-electron chi connectivity index (χ3n) is 4.16. The number of nitrogens with zero attached hydrogens (tertiary/aromatic N) is 2. The van der Waals surface area contributed by atoms with E-state index in [1.165, 1.54) is 19.3 Å². The van der Waals surface area contributed by atoms with Crippen LogP contribution in [0.15, 0.2) is 23.3 Å². The van der Waals surface area contributed by atoms with Crippen LogP contribution < -0.4 is 15.4 Å². The van der Waals surface area contributed by atoms with Gasteiger partial charge in [-0.1, -0.05) is 6.92 Å². The van der Waals surface area contributed by atoms with Crippen LogP contribution in [0, 0.1) is 11.8 Å². The maximum absolute atomic E-state index is 5.72. The van der Waals surface area contributed by atoms with E-state index in [1.807, 2.05) is 12.1 Å². The number of hydrogen-bond acceptors (Lipinski definition) is 3. The zero-order valence-corrected chi connectivity index (χ0v) is 13.5. The molecule has 0 spiro atoms. The largest absolute Gasteiger partial charge is 0.477 e. The smallest absolute Gasteiger partial charge is 0.213 e. The van der Waals surface area contributed by atoms with Gasteiger partial charge >= 0.3 is 0 Å². The van der Waals surface area contributed by atoms with Crippen LogP contribution in [0.25, 0.3) is 0 Å². The highest BCUT2D eigenvalue weighted by molar-refractivity contribution is 5.80. The Bertz CT molecular complexity index is 527. The normalized spacial score (nSPS) is 24.0. The quantitative estimate of drug-likeness (QED) is 0.599. The summed E-state index contributed by atoms with van der Waals surface area (Å²) in [6, 6.07) is 4.57. The molecular formula is C17H26N4O. The molecule has 2 atom stereocenters. The van der Waals surface area contributed by atoms with E-state index in [-0.39, 0.29) is 0 Å². The van der Waals surface area contributed by atoms with E-state index >= 15 is 0 Å². The van der Waals surface area contributed by atoms with Crippen molar-refractivity contribution in [3.8, 4) is 5.88 Å². The Morgan fingerprint density at radius 2 is 2.27 bits per heavy atom. The topological polar surface area (TPSA) is 58.5 Å². The maximum Gasteiger partial charge on any atom is 0.213 e. The Balaban J connectivity index is 1.55. The standard InChI is InChI=1S/C17H26N4O/c1-3-18-17(21-15-8-12(15)2)20-10-14-6-7-19-16(9-14)22-11-13-4-5-13/h6-7,9,12-13,15H,3-5,8,10-11H2,1-2H3,(H2,18,20,21). The number of nitrogens with one attached hydrogen (secondary N) is 2. The first-order valence-electron chi connectivity index (χ1n) is 8.37. The molecule has 0 bridgehead atoms. The average Bonchev–Trinajstić information content (AvgIpc) is 3.43. The predicted molar refractivity (Wildman–Crippen MR) is 88.0 cm³/mol. The molecule has 2 aliphatic carbocycles. The number of aromatic nitrogens is 1. The molecule has 0 amide bonds. The van der Waals surface area contributed by atoms with E-state index < -0.39 is 0 Å². The Kier molecular flexibility index (Phi) is 4.80. The van der Waals surface area contributed by atoms with Crippen molar-refractivity contribution < 1.29 is 4.74 Å². The average molecular weight is 302 g/mol. The second-order valence-electron chi connectivity index (χ2n) is 6.42. The first kappa shape index (κ1) is 15.1. The minimum absolute atomic E-state index is 0.577. The molecule has 2 N–H and O–H groups in total. The molecule has 2 unspecified atom stereocenters. The summed E-state index contributed by atoms with van der Waals surface area (Å²) < 4.78 is 5.72. The SMILES string of the molecule is CCNC(=NCc1ccnc(OCC2CC2)c1)NC1CC1C. The molecule has 3 rings (SSSR count). The lowest BCUT2D eigenvalue weighted by Crippen LogP contribution is -2.39. The number of guanidine groups is 1. The van der Waals surface area contributed by atoms with Crippen LogP contribution in [0.1, 0.15) is 38.7 Å². The van der Waals surface area contributed by atoms with E-state index in [1.54, 1.807) is 6.20 Å². The number of aliphatic imine (C=N–C) groups is 1. The van der Waals surface area contributed by atoms with Crippen molar-refractivity contribution >= 4 is 5.96 Å². The van der Waals surface area contributed by atoms with Crippen LogP contribution in [0.2, 0.25) is 0 Å². The Morgan fingerprint density at radius 3 is 2.95 bits per heavy atom. The number of pyridine rings is 1. The fraction of sp³-hybridized carbons (Fsp3) is 0.647. The third kappa shape index (κ3) is 4.61. The van der Waals surface area contributed by atoms with Crippen LogP contribution in [0.3, 0.4) is 0 Å². The van der Waals surface area contributed by atoms with Gasteiger partial charge in [0, 0.05) is 24.8 Å². The van der Waals surface area contributed by atoms with Crippen molar-refractivity contribution in [2.75, 3.05) is 13.2 Å². The molecule has 22 heavy (non-hydrogen) atoms. The van der Waals surface area contributed by atoms with Gasteiger partial charge in [-0.3, -0.25) is 0 Å². The van der Waals surface area contributed by atoms with Crippen LogP contribution in [0.4, 0.5) is 0 Å². The van der Waals surface area contributed by atoms with Crippen molar-refractivity contribution in [3.63, 3.8) is 0 Å². The van der Waals surface area contributed by atoms with Crippen LogP contribution in [-0.4, -0.2) is 30.1 Å². The highest BCUT2D eigenvalue weighted by atomic mass is 16.5. The van der Waals surface area contributed by atoms with Crippen molar-refractivity contribution in [1.29, 1.82) is 0 Å². The number of rotatable bonds is 7. The lowest BCUT2D eigenvalue weighted by molar-refractivity contribution is 0.288. The van der Waals surface area contributed by atoms with Gasteiger partial charge in [0.15, 0.2) is 5.96 Å². The van der Waals surface area contributed by atoms with Gasteiger partial charge in [0.05, 0.1) is 13.2 Å². The summed E-state index contributed by atoms with van der Waals surface area (Å²) in [6.07, 6.45) is 5.62. The summed E-state index contributed by atoms with van der Waals surface area (Å²) in [5.74, 6) is 3.11. The fourth-order valence-corrected chi connectivity index (χ4v) is 2.30. The highest BCUT2D eigenvalue weighted by Crippen LogP contribution is 2.29. The van der Waals surface area contributed by atoms with Crippen LogP contribution >= 0.6 is 0 Å². The van der Waals surface area contributed by atoms with Crippen LogP contribution in [0.5, 0.6) is 5.88 Å². The number of ether oxygens (including phenoxy) is 1. The zero-order valence-electron chi connectivity index (χ0n) is 13.5. The molecule has 0 aromatic carbocycles. The molecule has 5 nitrogen and oxygen atoms in total. The van der Waals surface area contributed by atoms with Crippen LogP contribution in [-0.2, 0) is 6.54 Å². The van der Waals surface area contributed by atoms with Gasteiger partial charge in [0.2, 0.25) is 5.88 Å². The zero-order chi connectivity index (χ0) is 15.4. The third-order valence-corrected chi connectivity index (χ3v) is 4.16. The van der Waals surface area contributed by atoms with Gasteiger partial charge in [0.25, 0.3) is 0 Å². The lowest BCUT2D eigenvalue weighted by Gasteiger charge is -2.11. The minimum atomic E-state index is 0.577. The molecule has 1 heterocycles. The molecular weight excluding hydrogens is 276 g/mol. The second kappa shape index (κ2) is 6.99. The van der Waals surface area contributed by atoms with E-state index in [9.17, 15) is 0 Å². The van der Waals surface area contributed by atoms with Gasteiger partial charge in [-0.2, -0.15) is 0 Å². The Morgan fingerprint density at radius 1 is 1.45 bits per heavy atom. The second-order valence-corrected chi connectivity index (χ2v) is 6.42. The van der Waals surface area contributed by atoms with E-state index in [4.69, 9.17) is 4.74 Å².